The maximum atomic E-state index is 12.9. The highest BCUT2D eigenvalue weighted by molar-refractivity contribution is 7.86. The summed E-state index contributed by atoms with van der Waals surface area (Å²) in [5, 5.41) is 0. The van der Waals surface area contributed by atoms with E-state index in [1.807, 2.05) is 32.0 Å². The summed E-state index contributed by atoms with van der Waals surface area (Å²) in [6.45, 7) is 5.24. The van der Waals surface area contributed by atoms with Gasteiger partial charge in [0.2, 0.25) is 0 Å². The van der Waals surface area contributed by atoms with Crippen LogP contribution in [0.3, 0.4) is 0 Å². The molecule has 2 rings (SSSR count). The summed E-state index contributed by atoms with van der Waals surface area (Å²) in [5.74, 6) is 1.27. The van der Waals surface area contributed by atoms with Gasteiger partial charge in [0.1, 0.15) is 0 Å². The number of hydrogen-bond donors (Lipinski definition) is 0. The average Bonchev–Trinajstić information content (AvgIpc) is 3.05. The lowest BCUT2D eigenvalue weighted by Crippen LogP contribution is -2.43. The minimum atomic E-state index is -3.44. The van der Waals surface area contributed by atoms with Crippen molar-refractivity contribution in [1.82, 2.24) is 8.61 Å². The van der Waals surface area contributed by atoms with Crippen LogP contribution in [0.1, 0.15) is 38.3 Å². The molecule has 1 aromatic carbocycles. The number of benzene rings is 1. The molecule has 0 radical (unpaired) electrons. The molecule has 6 nitrogen and oxygen atoms in total. The first-order chi connectivity index (χ1) is 11.0. The van der Waals surface area contributed by atoms with E-state index in [4.69, 9.17) is 9.47 Å². The Kier molecular flexibility index (Phi) is 5.89. The number of methoxy groups -OCH3 is 2. The van der Waals surface area contributed by atoms with Crippen molar-refractivity contribution in [2.45, 2.75) is 32.7 Å². The maximum absolute atomic E-state index is 12.9. The first-order valence-electron chi connectivity index (χ1n) is 7.98. The summed E-state index contributed by atoms with van der Waals surface area (Å²) in [6.07, 6.45) is 1.68. The molecule has 1 saturated heterocycles. The van der Waals surface area contributed by atoms with Gasteiger partial charge in [0, 0.05) is 19.6 Å². The maximum Gasteiger partial charge on any atom is 0.282 e. The summed E-state index contributed by atoms with van der Waals surface area (Å²) < 4.78 is 39.4. The Morgan fingerprint density at radius 1 is 1.17 bits per heavy atom. The van der Waals surface area contributed by atoms with E-state index in [1.165, 1.54) is 4.31 Å². The highest BCUT2D eigenvalue weighted by atomic mass is 32.2. The molecule has 1 fully saturated rings. The molecule has 0 aromatic heterocycles. The molecule has 0 amide bonds. The Bertz CT molecular complexity index is 629. The summed E-state index contributed by atoms with van der Waals surface area (Å²) >= 11 is 0. The Labute approximate surface area is 139 Å². The van der Waals surface area contributed by atoms with Crippen molar-refractivity contribution in [3.8, 4) is 11.5 Å². The standard InChI is InChI=1S/C16H26N2O4S/c1-5-17(6-2)23(19,20)18-11-7-8-14(18)13-9-10-15(21-3)16(12-13)22-4/h9-10,12,14H,5-8,11H2,1-4H3/t14-/m0/s1. The zero-order valence-corrected chi connectivity index (χ0v) is 15.1. The summed E-state index contributed by atoms with van der Waals surface area (Å²) in [6, 6.07) is 5.47. The molecule has 130 valence electrons. The molecule has 7 heteroatoms. The van der Waals surface area contributed by atoms with Gasteiger partial charge in [-0.3, -0.25) is 0 Å². The first-order valence-corrected chi connectivity index (χ1v) is 9.38. The molecule has 1 aliphatic heterocycles. The molecule has 0 aliphatic carbocycles. The molecular formula is C16H26N2O4S. The van der Waals surface area contributed by atoms with Gasteiger partial charge in [0.15, 0.2) is 11.5 Å². The number of hydrogen-bond acceptors (Lipinski definition) is 4. The number of ether oxygens (including phenoxy) is 2. The van der Waals surface area contributed by atoms with Gasteiger partial charge in [-0.25, -0.2) is 0 Å². The van der Waals surface area contributed by atoms with Gasteiger partial charge in [-0.2, -0.15) is 17.0 Å². The molecule has 1 heterocycles. The van der Waals surface area contributed by atoms with Crippen molar-refractivity contribution in [3.63, 3.8) is 0 Å². The minimum absolute atomic E-state index is 0.152. The van der Waals surface area contributed by atoms with Gasteiger partial charge in [-0.05, 0) is 30.5 Å². The van der Waals surface area contributed by atoms with E-state index < -0.39 is 10.2 Å². The van der Waals surface area contributed by atoms with Crippen LogP contribution in [0.25, 0.3) is 0 Å². The zero-order valence-electron chi connectivity index (χ0n) is 14.3. The van der Waals surface area contributed by atoms with Crippen LogP contribution < -0.4 is 9.47 Å². The summed E-state index contributed by atoms with van der Waals surface area (Å²) in [5.41, 5.74) is 0.941. The van der Waals surface area contributed by atoms with Crippen molar-refractivity contribution < 1.29 is 17.9 Å². The highest BCUT2D eigenvalue weighted by Gasteiger charge is 2.38. The van der Waals surface area contributed by atoms with Crippen molar-refractivity contribution in [2.24, 2.45) is 0 Å². The van der Waals surface area contributed by atoms with Crippen LogP contribution in [0.5, 0.6) is 11.5 Å². The second kappa shape index (κ2) is 7.51. The first kappa shape index (κ1) is 18.0. The Hall–Kier alpha value is -1.31. The lowest BCUT2D eigenvalue weighted by molar-refractivity contribution is 0.334. The highest BCUT2D eigenvalue weighted by Crippen LogP contribution is 2.38. The largest absolute Gasteiger partial charge is 0.493 e. The van der Waals surface area contributed by atoms with Gasteiger partial charge in [0.05, 0.1) is 20.3 Å². The van der Waals surface area contributed by atoms with Crippen LogP contribution in [-0.2, 0) is 10.2 Å². The van der Waals surface area contributed by atoms with Crippen molar-refractivity contribution in [2.75, 3.05) is 33.9 Å². The Morgan fingerprint density at radius 3 is 2.39 bits per heavy atom. The molecular weight excluding hydrogens is 316 g/mol. The molecule has 0 N–H and O–H groups in total. The summed E-state index contributed by atoms with van der Waals surface area (Å²) in [7, 11) is -0.267. The molecule has 1 aliphatic rings. The van der Waals surface area contributed by atoms with Crippen LogP contribution in [0.2, 0.25) is 0 Å². The zero-order chi connectivity index (χ0) is 17.0. The lowest BCUT2D eigenvalue weighted by Gasteiger charge is -2.30. The van der Waals surface area contributed by atoms with E-state index >= 15 is 0 Å². The van der Waals surface area contributed by atoms with Crippen LogP contribution in [0.15, 0.2) is 18.2 Å². The predicted octanol–water partition coefficient (Wildman–Crippen LogP) is 2.43. The van der Waals surface area contributed by atoms with E-state index in [1.54, 1.807) is 18.5 Å². The van der Waals surface area contributed by atoms with Crippen LogP contribution in [0, 0.1) is 0 Å². The predicted molar refractivity (Wildman–Crippen MR) is 90.1 cm³/mol. The normalized spacial score (nSPS) is 19.3. The number of nitrogens with zero attached hydrogens (tertiary/aromatic N) is 2. The average molecular weight is 342 g/mol. The molecule has 1 atom stereocenters. The smallest absolute Gasteiger partial charge is 0.282 e. The van der Waals surface area contributed by atoms with Crippen LogP contribution in [-0.4, -0.2) is 50.9 Å². The van der Waals surface area contributed by atoms with Crippen molar-refractivity contribution >= 4 is 10.2 Å². The molecule has 0 saturated carbocycles. The van der Waals surface area contributed by atoms with E-state index in [0.717, 1.165) is 18.4 Å². The minimum Gasteiger partial charge on any atom is -0.493 e. The van der Waals surface area contributed by atoms with Crippen LogP contribution in [0.4, 0.5) is 0 Å². The molecule has 1 aromatic rings. The monoisotopic (exact) mass is 342 g/mol. The molecule has 0 bridgehead atoms. The Balaban J connectivity index is 2.35. The van der Waals surface area contributed by atoms with E-state index in [-0.39, 0.29) is 6.04 Å². The third-order valence-corrected chi connectivity index (χ3v) is 6.52. The van der Waals surface area contributed by atoms with Gasteiger partial charge in [-0.15, -0.1) is 0 Å². The molecule has 23 heavy (non-hydrogen) atoms. The van der Waals surface area contributed by atoms with Gasteiger partial charge < -0.3 is 9.47 Å². The van der Waals surface area contributed by atoms with Crippen LogP contribution >= 0.6 is 0 Å². The van der Waals surface area contributed by atoms with Crippen molar-refractivity contribution in [1.29, 1.82) is 0 Å². The summed E-state index contributed by atoms with van der Waals surface area (Å²) in [4.78, 5) is 0. The van der Waals surface area contributed by atoms with Crippen molar-refractivity contribution in [3.05, 3.63) is 23.8 Å². The van der Waals surface area contributed by atoms with Gasteiger partial charge >= 0.3 is 0 Å². The van der Waals surface area contributed by atoms with Gasteiger partial charge in [0.25, 0.3) is 10.2 Å². The topological polar surface area (TPSA) is 59.1 Å². The third-order valence-electron chi connectivity index (χ3n) is 4.32. The SMILES string of the molecule is CCN(CC)S(=O)(=O)N1CCC[C@H]1c1ccc(OC)c(OC)c1. The molecule has 0 spiro atoms. The second-order valence-corrected chi connectivity index (χ2v) is 7.36. The molecule has 0 unspecified atom stereocenters. The quantitative estimate of drug-likeness (QED) is 0.764. The van der Waals surface area contributed by atoms with E-state index in [9.17, 15) is 8.42 Å². The Morgan fingerprint density at radius 2 is 1.83 bits per heavy atom. The fourth-order valence-electron chi connectivity index (χ4n) is 3.11. The fraction of sp³-hybridized carbons (Fsp3) is 0.625. The fourth-order valence-corrected chi connectivity index (χ4v) is 4.97. The second-order valence-electron chi connectivity index (χ2n) is 5.48. The van der Waals surface area contributed by atoms with E-state index in [0.29, 0.717) is 31.1 Å². The van der Waals surface area contributed by atoms with Gasteiger partial charge in [-0.1, -0.05) is 19.9 Å². The lowest BCUT2D eigenvalue weighted by atomic mass is 10.0. The third kappa shape index (κ3) is 3.46. The number of rotatable bonds is 7. The van der Waals surface area contributed by atoms with E-state index in [2.05, 4.69) is 0 Å².